The van der Waals surface area contributed by atoms with Crippen LogP contribution in [0.3, 0.4) is 0 Å². The molecule has 0 saturated carbocycles. The number of furan rings is 1. The lowest BCUT2D eigenvalue weighted by atomic mass is 9.94. The number of fused-ring (bicyclic) bond motifs is 6. The van der Waals surface area contributed by atoms with E-state index < -0.39 is 0 Å². The molecule has 248 valence electrons. The van der Waals surface area contributed by atoms with Crippen molar-refractivity contribution in [3.63, 3.8) is 0 Å². The Balaban J connectivity index is 1.30. The second-order valence-electron chi connectivity index (χ2n) is 14.3. The van der Waals surface area contributed by atoms with Gasteiger partial charge < -0.3 is 4.42 Å². The normalized spacial score (nSPS) is 14.2. The molecule has 51 heavy (non-hydrogen) atoms. The van der Waals surface area contributed by atoms with Crippen molar-refractivity contribution in [2.24, 2.45) is 0 Å². The van der Waals surface area contributed by atoms with Crippen LogP contribution in [0, 0.1) is 34.6 Å². The molecule has 0 amide bonds. The van der Waals surface area contributed by atoms with E-state index in [9.17, 15) is 0 Å². The lowest BCUT2D eigenvalue weighted by Crippen LogP contribution is -2.60. The summed E-state index contributed by atoms with van der Waals surface area (Å²) in [5.74, 6) is 0. The van der Waals surface area contributed by atoms with Crippen LogP contribution in [0.5, 0.6) is 0 Å². The third kappa shape index (κ3) is 5.08. The number of hydrogen-bond donors (Lipinski definition) is 0. The molecule has 5 heterocycles. The number of hydrogen-bond acceptors (Lipinski definition) is 1. The minimum Gasteiger partial charge on any atom is -0.456 e. The van der Waals surface area contributed by atoms with Gasteiger partial charge in [0.1, 0.15) is 11.2 Å². The van der Waals surface area contributed by atoms with Crippen LogP contribution in [0.4, 0.5) is 0 Å². The van der Waals surface area contributed by atoms with Gasteiger partial charge in [0.15, 0.2) is 17.6 Å². The first-order valence-corrected chi connectivity index (χ1v) is 18.0. The van der Waals surface area contributed by atoms with Crippen LogP contribution in [0.25, 0.3) is 55.7 Å². The predicted octanol–water partition coefficient (Wildman–Crippen LogP) is 9.84. The summed E-state index contributed by atoms with van der Waals surface area (Å²) in [5, 5.41) is 2.30. The number of aromatic nitrogens is 3. The molecule has 0 aliphatic carbocycles. The van der Waals surface area contributed by atoms with Crippen molar-refractivity contribution in [3.05, 3.63) is 173 Å². The summed E-state index contributed by atoms with van der Waals surface area (Å²) in [5.41, 5.74) is 16.9. The van der Waals surface area contributed by atoms with Gasteiger partial charge in [-0.05, 0) is 79.9 Å². The Kier molecular flexibility index (Phi) is 7.43. The second kappa shape index (κ2) is 12.2. The van der Waals surface area contributed by atoms with E-state index in [1.165, 1.54) is 67.4 Å². The standard InChI is InChI=1S/C47H42N3O/c1-30-24-25-48(43(26-30)39-28-40-37-19-10-11-23-45(37)51-46(40)27-32(39)3)29-44(49-33(4)15-12-21-41(49)35-17-7-6-14-31(35)2)47-38-20-9-8-18-36(38)42-22-13-16-34(5)50(42)47/h6-28,44,47H,29H2,1-5H3/q+3. The van der Waals surface area contributed by atoms with Crippen molar-refractivity contribution in [2.75, 3.05) is 0 Å². The highest BCUT2D eigenvalue weighted by Gasteiger charge is 2.51. The highest BCUT2D eigenvalue weighted by Crippen LogP contribution is 2.40. The summed E-state index contributed by atoms with van der Waals surface area (Å²) in [4.78, 5) is 0. The first kappa shape index (κ1) is 31.1. The van der Waals surface area contributed by atoms with E-state index in [0.29, 0.717) is 0 Å². The third-order valence-corrected chi connectivity index (χ3v) is 11.0. The molecule has 0 spiro atoms. The zero-order chi connectivity index (χ0) is 34.8. The zero-order valence-electron chi connectivity index (χ0n) is 29.9. The molecule has 0 radical (unpaired) electrons. The third-order valence-electron chi connectivity index (χ3n) is 11.0. The van der Waals surface area contributed by atoms with Crippen molar-refractivity contribution in [2.45, 2.75) is 53.2 Å². The fourth-order valence-electron chi connectivity index (χ4n) is 8.57. The van der Waals surface area contributed by atoms with Gasteiger partial charge in [-0.1, -0.05) is 54.6 Å². The lowest BCUT2D eigenvalue weighted by Gasteiger charge is -2.21. The Morgan fingerprint density at radius 2 is 1.27 bits per heavy atom. The van der Waals surface area contributed by atoms with E-state index in [1.807, 2.05) is 6.07 Å². The van der Waals surface area contributed by atoms with E-state index >= 15 is 0 Å². The molecule has 4 nitrogen and oxygen atoms in total. The maximum Gasteiger partial charge on any atom is 0.282 e. The van der Waals surface area contributed by atoms with Gasteiger partial charge in [-0.15, -0.1) is 0 Å². The molecule has 1 aliphatic heterocycles. The number of pyridine rings is 3. The molecule has 4 aromatic carbocycles. The largest absolute Gasteiger partial charge is 0.456 e. The second-order valence-corrected chi connectivity index (χ2v) is 14.3. The minimum absolute atomic E-state index is 0.0274. The first-order valence-electron chi connectivity index (χ1n) is 18.0. The monoisotopic (exact) mass is 664 g/mol. The average Bonchev–Trinajstić information content (AvgIpc) is 3.67. The highest BCUT2D eigenvalue weighted by molar-refractivity contribution is 6.06. The Bertz CT molecular complexity index is 2650. The number of para-hydroxylation sites is 1. The van der Waals surface area contributed by atoms with Crippen LogP contribution >= 0.6 is 0 Å². The topological polar surface area (TPSA) is 24.8 Å². The van der Waals surface area contributed by atoms with Crippen molar-refractivity contribution >= 4 is 21.9 Å². The summed E-state index contributed by atoms with van der Waals surface area (Å²) < 4.78 is 14.0. The van der Waals surface area contributed by atoms with Crippen molar-refractivity contribution in [3.8, 4) is 33.8 Å². The highest BCUT2D eigenvalue weighted by atomic mass is 16.3. The van der Waals surface area contributed by atoms with Gasteiger partial charge in [0, 0.05) is 77.7 Å². The van der Waals surface area contributed by atoms with Gasteiger partial charge in [0.2, 0.25) is 23.6 Å². The Morgan fingerprint density at radius 1 is 0.549 bits per heavy atom. The van der Waals surface area contributed by atoms with E-state index in [2.05, 4.69) is 182 Å². The first-order chi connectivity index (χ1) is 24.9. The van der Waals surface area contributed by atoms with E-state index in [-0.39, 0.29) is 12.1 Å². The Hall–Kier alpha value is -5.87. The van der Waals surface area contributed by atoms with Crippen LogP contribution in [0.1, 0.15) is 45.7 Å². The van der Waals surface area contributed by atoms with Crippen LogP contribution < -0.4 is 13.7 Å². The van der Waals surface area contributed by atoms with Crippen LogP contribution in [0.15, 0.2) is 144 Å². The molecule has 1 aliphatic rings. The van der Waals surface area contributed by atoms with Crippen molar-refractivity contribution in [1.29, 1.82) is 0 Å². The SMILES string of the molecule is Cc1cc[n+](CC(C2c3ccccc3-c3cccc(C)[n+]32)[n+]2c(C)cccc2-c2ccccc2C)c(-c2cc3c(cc2C)oc2ccccc23)c1. The Morgan fingerprint density at radius 3 is 2.12 bits per heavy atom. The maximum absolute atomic E-state index is 6.31. The van der Waals surface area contributed by atoms with E-state index in [4.69, 9.17) is 4.42 Å². The summed E-state index contributed by atoms with van der Waals surface area (Å²) in [6.45, 7) is 11.9. The summed E-state index contributed by atoms with van der Waals surface area (Å²) >= 11 is 0. The van der Waals surface area contributed by atoms with Crippen LogP contribution in [-0.2, 0) is 6.54 Å². The van der Waals surface area contributed by atoms with Gasteiger partial charge >= 0.3 is 0 Å². The fourth-order valence-corrected chi connectivity index (χ4v) is 8.57. The number of aryl methyl sites for hydroxylation is 5. The van der Waals surface area contributed by atoms with Crippen LogP contribution in [-0.4, -0.2) is 0 Å². The van der Waals surface area contributed by atoms with E-state index in [0.717, 1.165) is 28.5 Å². The minimum atomic E-state index is 0.0274. The molecule has 0 saturated heterocycles. The van der Waals surface area contributed by atoms with Gasteiger partial charge in [0.25, 0.3) is 12.1 Å². The smallest absolute Gasteiger partial charge is 0.282 e. The number of rotatable bonds is 6. The predicted molar refractivity (Wildman–Crippen MR) is 204 cm³/mol. The molecule has 9 rings (SSSR count). The van der Waals surface area contributed by atoms with Gasteiger partial charge in [0.05, 0.1) is 5.56 Å². The quantitative estimate of drug-likeness (QED) is 0.163. The molecular weight excluding hydrogens is 623 g/mol. The molecule has 0 fully saturated rings. The fraction of sp³-hybridized carbons (Fsp3) is 0.170. The summed E-state index contributed by atoms with van der Waals surface area (Å²) in [6.07, 6.45) is 2.30. The zero-order valence-corrected chi connectivity index (χ0v) is 29.9. The molecule has 0 bridgehead atoms. The maximum atomic E-state index is 6.31. The average molecular weight is 665 g/mol. The molecule has 0 N–H and O–H groups in total. The molecule has 2 unspecified atom stereocenters. The van der Waals surface area contributed by atoms with Crippen molar-refractivity contribution in [1.82, 2.24) is 0 Å². The summed E-state index contributed by atoms with van der Waals surface area (Å²) in [6, 6.07) is 48.9. The van der Waals surface area contributed by atoms with Gasteiger partial charge in [-0.3, -0.25) is 0 Å². The molecule has 4 aromatic heterocycles. The molecule has 8 aromatic rings. The lowest BCUT2D eigenvalue weighted by molar-refractivity contribution is -0.842. The molecule has 4 heteroatoms. The van der Waals surface area contributed by atoms with Crippen molar-refractivity contribution < 1.29 is 18.1 Å². The number of nitrogens with zero attached hydrogens (tertiary/aromatic N) is 3. The summed E-state index contributed by atoms with van der Waals surface area (Å²) in [7, 11) is 0. The van der Waals surface area contributed by atoms with E-state index in [1.54, 1.807) is 0 Å². The molecular formula is C47H42N3O+3. The van der Waals surface area contributed by atoms with Gasteiger partial charge in [-0.25, -0.2) is 0 Å². The molecule has 2 atom stereocenters. The Labute approximate surface area is 299 Å². The van der Waals surface area contributed by atoms with Gasteiger partial charge in [-0.2, -0.15) is 13.7 Å². The number of benzene rings is 4. The van der Waals surface area contributed by atoms with Crippen LogP contribution in [0.2, 0.25) is 0 Å².